The summed E-state index contributed by atoms with van der Waals surface area (Å²) in [6.07, 6.45) is 0. The first-order valence-electron chi connectivity index (χ1n) is 21.3. The summed E-state index contributed by atoms with van der Waals surface area (Å²) in [4.78, 5) is 14.9. The molecule has 0 atom stereocenters. The number of fused-ring (bicyclic) bond motifs is 9. The fourth-order valence-corrected chi connectivity index (χ4v) is 10.5. The van der Waals surface area contributed by atoms with Crippen LogP contribution >= 0.6 is 0 Å². The zero-order chi connectivity index (χ0) is 41.1. The highest BCUT2D eigenvalue weighted by Crippen LogP contribution is 2.64. The van der Waals surface area contributed by atoms with Gasteiger partial charge in [0.1, 0.15) is 0 Å². The quantitative estimate of drug-likeness (QED) is 0.168. The van der Waals surface area contributed by atoms with Crippen LogP contribution in [0, 0.1) is 0 Å². The minimum Gasteiger partial charge on any atom is -0.208 e. The summed E-state index contributed by atoms with van der Waals surface area (Å²) >= 11 is 0. The van der Waals surface area contributed by atoms with Crippen LogP contribution in [0.1, 0.15) is 44.5 Å². The third-order valence-corrected chi connectivity index (χ3v) is 13.1. The molecule has 12 rings (SSSR count). The highest BCUT2D eigenvalue weighted by Gasteiger charge is 2.56. The maximum Gasteiger partial charge on any atom is 0.164 e. The summed E-state index contributed by atoms with van der Waals surface area (Å²) in [5.41, 5.74) is 17.0. The monoisotopic (exact) mass is 789 g/mol. The summed E-state index contributed by atoms with van der Waals surface area (Å²) < 4.78 is 0. The molecule has 0 unspecified atom stereocenters. The molecule has 1 spiro atoms. The molecule has 0 radical (unpaired) electrons. The van der Waals surface area contributed by atoms with E-state index in [-0.39, 0.29) is 0 Å². The first-order chi connectivity index (χ1) is 30.7. The van der Waals surface area contributed by atoms with Crippen molar-refractivity contribution in [2.75, 3.05) is 0 Å². The topological polar surface area (TPSA) is 38.7 Å². The van der Waals surface area contributed by atoms with Gasteiger partial charge in [-0.15, -0.1) is 0 Å². The molecular weight excluding hydrogens is 751 g/mol. The Kier molecular flexibility index (Phi) is 8.29. The maximum absolute atomic E-state index is 4.99. The lowest BCUT2D eigenvalue weighted by molar-refractivity contribution is 0.623. The van der Waals surface area contributed by atoms with Gasteiger partial charge in [-0.25, -0.2) is 15.0 Å². The lowest BCUT2D eigenvalue weighted by Crippen LogP contribution is -2.44. The second-order valence-electron chi connectivity index (χ2n) is 16.2. The predicted octanol–water partition coefficient (Wildman–Crippen LogP) is 13.6. The maximum atomic E-state index is 4.99. The summed E-state index contributed by atoms with van der Waals surface area (Å²) in [6.45, 7) is 0. The van der Waals surface area contributed by atoms with Gasteiger partial charge in [0.05, 0.1) is 10.8 Å². The summed E-state index contributed by atoms with van der Waals surface area (Å²) in [5, 5.41) is 0. The smallest absolute Gasteiger partial charge is 0.164 e. The third-order valence-electron chi connectivity index (χ3n) is 13.1. The molecule has 0 saturated heterocycles. The van der Waals surface area contributed by atoms with E-state index in [9.17, 15) is 0 Å². The van der Waals surface area contributed by atoms with Crippen molar-refractivity contribution >= 4 is 0 Å². The second-order valence-corrected chi connectivity index (χ2v) is 16.2. The van der Waals surface area contributed by atoms with Crippen molar-refractivity contribution in [3.05, 3.63) is 281 Å². The average molecular weight is 790 g/mol. The number of nitrogens with zero attached hydrogens (tertiary/aromatic N) is 3. The van der Waals surface area contributed by atoms with Crippen LogP contribution < -0.4 is 0 Å². The molecule has 3 nitrogen and oxygen atoms in total. The molecule has 2 aliphatic rings. The van der Waals surface area contributed by atoms with E-state index in [2.05, 4.69) is 176 Å². The van der Waals surface area contributed by atoms with Gasteiger partial charge < -0.3 is 0 Å². The fourth-order valence-electron chi connectivity index (χ4n) is 10.5. The molecule has 1 aromatic heterocycles. The third kappa shape index (κ3) is 5.28. The summed E-state index contributed by atoms with van der Waals surface area (Å²) in [6, 6.07) is 85.7. The Morgan fingerprint density at radius 1 is 0.226 bits per heavy atom. The van der Waals surface area contributed by atoms with Crippen LogP contribution in [0.2, 0.25) is 0 Å². The van der Waals surface area contributed by atoms with E-state index < -0.39 is 10.8 Å². The lowest BCUT2D eigenvalue weighted by atomic mass is 9.51. The Bertz CT molecular complexity index is 3120. The van der Waals surface area contributed by atoms with Crippen LogP contribution in [0.3, 0.4) is 0 Å². The van der Waals surface area contributed by atoms with Crippen molar-refractivity contribution in [2.45, 2.75) is 10.8 Å². The normalized spacial score (nSPS) is 13.7. The Morgan fingerprint density at radius 2 is 0.565 bits per heavy atom. The van der Waals surface area contributed by atoms with Crippen molar-refractivity contribution in [1.82, 2.24) is 15.0 Å². The van der Waals surface area contributed by atoms with Crippen LogP contribution in [0.25, 0.3) is 56.4 Å². The highest BCUT2D eigenvalue weighted by atomic mass is 15.0. The molecule has 62 heavy (non-hydrogen) atoms. The van der Waals surface area contributed by atoms with E-state index in [0.717, 1.165) is 27.8 Å². The Morgan fingerprint density at radius 3 is 1.05 bits per heavy atom. The molecule has 290 valence electrons. The Labute approximate surface area is 361 Å². The minimum atomic E-state index is -0.528. The van der Waals surface area contributed by atoms with Crippen LogP contribution in [-0.2, 0) is 10.8 Å². The van der Waals surface area contributed by atoms with Crippen molar-refractivity contribution in [1.29, 1.82) is 0 Å². The van der Waals surface area contributed by atoms with Gasteiger partial charge >= 0.3 is 0 Å². The molecule has 0 amide bonds. The molecule has 0 saturated carbocycles. The van der Waals surface area contributed by atoms with Gasteiger partial charge in [-0.05, 0) is 72.8 Å². The molecule has 9 aromatic carbocycles. The average Bonchev–Trinajstić information content (AvgIpc) is 3.65. The number of benzene rings is 9. The molecule has 2 aliphatic carbocycles. The Hall–Kier alpha value is -8.01. The Balaban J connectivity index is 1.02. The van der Waals surface area contributed by atoms with E-state index in [0.29, 0.717) is 17.5 Å². The summed E-state index contributed by atoms with van der Waals surface area (Å²) in [5.74, 6) is 1.95. The standard InChI is InChI=1S/C59H39N3/c1-5-19-41(20-6-1)55-60-56(42-21-7-2-8-22-42)62-57(61-55)43-35-33-40(34-36-43)44-37-38-50-48(39-44)47-27-13-14-28-49(47)59(50)53-31-17-15-29-51(53)58(45-23-9-3-10-24-45,46-25-11-4-12-26-46)52-30-16-18-32-54(52)59/h1-39H. The number of hydrogen-bond donors (Lipinski definition) is 0. The SMILES string of the molecule is c1ccc(-c2nc(-c3ccccc3)nc(-c3ccc(-c4ccc5c(c4)-c4ccccc4C54c5ccccc5C(c5ccccc5)(c5ccccc5)c5ccccc54)cc3)n2)cc1. The number of aromatic nitrogens is 3. The molecule has 0 fully saturated rings. The van der Waals surface area contributed by atoms with Crippen LogP contribution in [0.15, 0.2) is 237 Å². The van der Waals surface area contributed by atoms with Gasteiger partial charge in [0.15, 0.2) is 17.5 Å². The zero-order valence-electron chi connectivity index (χ0n) is 33.9. The van der Waals surface area contributed by atoms with Crippen molar-refractivity contribution in [2.24, 2.45) is 0 Å². The van der Waals surface area contributed by atoms with E-state index >= 15 is 0 Å². The summed E-state index contributed by atoms with van der Waals surface area (Å²) in [7, 11) is 0. The van der Waals surface area contributed by atoms with E-state index in [1.807, 2.05) is 60.7 Å². The number of rotatable bonds is 6. The molecule has 3 heteroatoms. The molecule has 0 bridgehead atoms. The predicted molar refractivity (Wildman–Crippen MR) is 251 cm³/mol. The first-order valence-corrected chi connectivity index (χ1v) is 21.3. The van der Waals surface area contributed by atoms with Crippen LogP contribution in [0.5, 0.6) is 0 Å². The largest absolute Gasteiger partial charge is 0.208 e. The van der Waals surface area contributed by atoms with Crippen molar-refractivity contribution < 1.29 is 0 Å². The van der Waals surface area contributed by atoms with E-state index in [1.54, 1.807) is 0 Å². The van der Waals surface area contributed by atoms with Gasteiger partial charge in [-0.2, -0.15) is 0 Å². The zero-order valence-corrected chi connectivity index (χ0v) is 33.9. The minimum absolute atomic E-state index is 0.525. The first kappa shape index (κ1) is 35.9. The lowest BCUT2D eigenvalue weighted by Gasteiger charge is -2.50. The van der Waals surface area contributed by atoms with Crippen LogP contribution in [0.4, 0.5) is 0 Å². The van der Waals surface area contributed by atoms with Crippen LogP contribution in [-0.4, -0.2) is 15.0 Å². The van der Waals surface area contributed by atoms with Gasteiger partial charge in [0.2, 0.25) is 0 Å². The fraction of sp³-hybridized carbons (Fsp3) is 0.0339. The second kappa shape index (κ2) is 14.3. The van der Waals surface area contributed by atoms with Gasteiger partial charge in [0, 0.05) is 16.7 Å². The molecule has 1 heterocycles. The van der Waals surface area contributed by atoms with E-state index in [1.165, 1.54) is 55.6 Å². The number of hydrogen-bond acceptors (Lipinski definition) is 3. The highest BCUT2D eigenvalue weighted by molar-refractivity contribution is 5.91. The molecule has 10 aromatic rings. The van der Waals surface area contributed by atoms with Gasteiger partial charge in [0.25, 0.3) is 0 Å². The molecule has 0 aliphatic heterocycles. The van der Waals surface area contributed by atoms with Gasteiger partial charge in [-0.3, -0.25) is 0 Å². The van der Waals surface area contributed by atoms with Gasteiger partial charge in [-0.1, -0.05) is 231 Å². The van der Waals surface area contributed by atoms with Crippen molar-refractivity contribution in [3.63, 3.8) is 0 Å². The van der Waals surface area contributed by atoms with E-state index in [4.69, 9.17) is 15.0 Å². The van der Waals surface area contributed by atoms with Crippen molar-refractivity contribution in [3.8, 4) is 56.4 Å². The molecular formula is C59H39N3. The molecule has 0 N–H and O–H groups in total.